The Balaban J connectivity index is 2.62. The molecule has 0 aromatic heterocycles. The van der Waals surface area contributed by atoms with Gasteiger partial charge in [0.25, 0.3) is 0 Å². The molecule has 1 N–H and O–H groups in total. The number of nitrogens with one attached hydrogen (secondary N) is 1. The zero-order valence-electron chi connectivity index (χ0n) is 12.0. The third-order valence-corrected chi connectivity index (χ3v) is 4.54. The number of nitrogens with zero attached hydrogens (tertiary/aromatic N) is 1. The van der Waals surface area contributed by atoms with Crippen LogP contribution in [0.3, 0.4) is 0 Å². The van der Waals surface area contributed by atoms with Gasteiger partial charge in [0.1, 0.15) is 0 Å². The zero-order chi connectivity index (χ0) is 12.7. The number of likely N-dealkylation sites (N-methyl/N-ethyl adjacent to an activating group) is 1. The average Bonchev–Trinajstić information content (AvgIpc) is 2.88. The Kier molecular flexibility index (Phi) is 6.21. The molecule has 2 heteroatoms. The van der Waals surface area contributed by atoms with E-state index in [0.717, 1.165) is 6.42 Å². The lowest BCUT2D eigenvalue weighted by Gasteiger charge is -2.44. The maximum atomic E-state index is 3.81. The number of rotatable bonds is 8. The first-order valence-corrected chi connectivity index (χ1v) is 7.22. The van der Waals surface area contributed by atoms with Gasteiger partial charge in [-0.2, -0.15) is 0 Å². The molecule has 17 heavy (non-hydrogen) atoms. The molecular weight excluding hydrogens is 208 g/mol. The lowest BCUT2D eigenvalue weighted by molar-refractivity contribution is 0.0828. The topological polar surface area (TPSA) is 15.3 Å². The van der Waals surface area contributed by atoms with Gasteiger partial charge < -0.3 is 5.32 Å². The molecule has 2 nitrogen and oxygen atoms in total. The third-order valence-electron chi connectivity index (χ3n) is 4.54. The maximum absolute atomic E-state index is 3.81. The molecule has 0 aromatic rings. The third kappa shape index (κ3) is 3.56. The minimum Gasteiger partial charge on any atom is -0.315 e. The van der Waals surface area contributed by atoms with Gasteiger partial charge in [-0.1, -0.05) is 13.0 Å². The van der Waals surface area contributed by atoms with Gasteiger partial charge in [0.2, 0.25) is 0 Å². The molecule has 1 saturated heterocycles. The van der Waals surface area contributed by atoms with E-state index in [2.05, 4.69) is 37.7 Å². The summed E-state index contributed by atoms with van der Waals surface area (Å²) in [5.74, 6) is 0. The monoisotopic (exact) mass is 238 g/mol. The number of hydrogen-bond donors (Lipinski definition) is 1. The molecular formula is C15H30N2. The molecule has 0 aromatic carbocycles. The summed E-state index contributed by atoms with van der Waals surface area (Å²) in [6.45, 7) is 11.1. The molecule has 0 amide bonds. The van der Waals surface area contributed by atoms with E-state index in [9.17, 15) is 0 Å². The number of allylic oxidation sites excluding steroid dienone is 1. The fourth-order valence-electron chi connectivity index (χ4n) is 3.15. The largest absolute Gasteiger partial charge is 0.315 e. The number of likely N-dealkylation sites (tertiary alicyclic amines) is 1. The van der Waals surface area contributed by atoms with E-state index in [-0.39, 0.29) is 0 Å². The highest BCUT2D eigenvalue weighted by Gasteiger charge is 2.38. The highest BCUT2D eigenvalue weighted by atomic mass is 15.2. The van der Waals surface area contributed by atoms with E-state index >= 15 is 0 Å². The summed E-state index contributed by atoms with van der Waals surface area (Å²) >= 11 is 0. The van der Waals surface area contributed by atoms with E-state index < -0.39 is 0 Å². The van der Waals surface area contributed by atoms with Crippen molar-refractivity contribution >= 4 is 0 Å². The van der Waals surface area contributed by atoms with E-state index in [4.69, 9.17) is 0 Å². The summed E-state index contributed by atoms with van der Waals surface area (Å²) in [4.78, 5) is 2.70. The van der Waals surface area contributed by atoms with Crippen LogP contribution in [0.2, 0.25) is 0 Å². The van der Waals surface area contributed by atoms with Crippen molar-refractivity contribution in [2.45, 2.75) is 64.0 Å². The van der Waals surface area contributed by atoms with E-state index in [1.54, 1.807) is 0 Å². The van der Waals surface area contributed by atoms with Crippen LogP contribution >= 0.6 is 0 Å². The average molecular weight is 238 g/mol. The van der Waals surface area contributed by atoms with Crippen LogP contribution in [0.25, 0.3) is 0 Å². The maximum Gasteiger partial charge on any atom is 0.0331 e. The quantitative estimate of drug-likeness (QED) is 0.516. The molecule has 0 spiro atoms. The molecule has 1 fully saturated rings. The first-order valence-electron chi connectivity index (χ1n) is 7.22. The van der Waals surface area contributed by atoms with Crippen LogP contribution in [0.5, 0.6) is 0 Å². The first-order chi connectivity index (χ1) is 8.19. The summed E-state index contributed by atoms with van der Waals surface area (Å²) in [5, 5.41) is 3.55. The van der Waals surface area contributed by atoms with Crippen molar-refractivity contribution < 1.29 is 0 Å². The van der Waals surface area contributed by atoms with Crippen LogP contribution in [0.4, 0.5) is 0 Å². The molecule has 1 heterocycles. The highest BCUT2D eigenvalue weighted by Crippen LogP contribution is 2.30. The molecule has 1 aliphatic heterocycles. The normalized spacial score (nSPS) is 22.3. The van der Waals surface area contributed by atoms with Gasteiger partial charge in [0, 0.05) is 11.6 Å². The Bertz CT molecular complexity index is 221. The van der Waals surface area contributed by atoms with Crippen LogP contribution in [0.1, 0.15) is 52.4 Å². The van der Waals surface area contributed by atoms with Gasteiger partial charge in [0.05, 0.1) is 0 Å². The summed E-state index contributed by atoms with van der Waals surface area (Å²) < 4.78 is 0. The second-order valence-electron chi connectivity index (χ2n) is 5.47. The van der Waals surface area contributed by atoms with Crippen molar-refractivity contribution in [1.82, 2.24) is 10.2 Å². The summed E-state index contributed by atoms with van der Waals surface area (Å²) in [6.07, 6.45) is 9.65. The highest BCUT2D eigenvalue weighted by molar-refractivity contribution is 4.97. The van der Waals surface area contributed by atoms with Crippen molar-refractivity contribution in [3.05, 3.63) is 12.7 Å². The van der Waals surface area contributed by atoms with Crippen LogP contribution in [0, 0.1) is 0 Å². The lowest BCUT2D eigenvalue weighted by Crippen LogP contribution is -2.57. The zero-order valence-corrected chi connectivity index (χ0v) is 12.0. The van der Waals surface area contributed by atoms with Gasteiger partial charge in [0.15, 0.2) is 0 Å². The molecule has 0 bridgehead atoms. The molecule has 2 unspecified atom stereocenters. The Morgan fingerprint density at radius 2 is 2.06 bits per heavy atom. The second kappa shape index (κ2) is 7.17. The lowest BCUT2D eigenvalue weighted by atomic mass is 9.84. The fraction of sp³-hybridized carbons (Fsp3) is 0.867. The Labute approximate surface area is 107 Å². The SMILES string of the molecule is C=CCCCC(NC)C(C)(CC)N1CCCC1. The molecule has 1 aliphatic rings. The summed E-state index contributed by atoms with van der Waals surface area (Å²) in [7, 11) is 2.11. The smallest absolute Gasteiger partial charge is 0.0331 e. The summed E-state index contributed by atoms with van der Waals surface area (Å²) in [5.41, 5.74) is 0.326. The minimum atomic E-state index is 0.326. The van der Waals surface area contributed by atoms with Crippen molar-refractivity contribution in [3.8, 4) is 0 Å². The van der Waals surface area contributed by atoms with Crippen molar-refractivity contribution in [1.29, 1.82) is 0 Å². The van der Waals surface area contributed by atoms with Gasteiger partial charge in [-0.15, -0.1) is 6.58 Å². The molecule has 0 radical (unpaired) electrons. The van der Waals surface area contributed by atoms with Crippen LogP contribution in [-0.4, -0.2) is 36.6 Å². The van der Waals surface area contributed by atoms with Gasteiger partial charge in [-0.3, -0.25) is 4.90 Å². The van der Waals surface area contributed by atoms with Crippen molar-refractivity contribution in [2.24, 2.45) is 0 Å². The van der Waals surface area contributed by atoms with Crippen LogP contribution < -0.4 is 5.32 Å². The molecule has 100 valence electrons. The predicted molar refractivity (Wildman–Crippen MR) is 76.4 cm³/mol. The minimum absolute atomic E-state index is 0.326. The number of unbranched alkanes of at least 4 members (excludes halogenated alkanes) is 1. The molecule has 0 aliphatic carbocycles. The van der Waals surface area contributed by atoms with Gasteiger partial charge in [-0.05, 0) is 65.6 Å². The standard InChI is InChI=1S/C15H30N2/c1-5-7-8-11-14(16-4)15(3,6-2)17-12-9-10-13-17/h5,14,16H,1,6-13H2,2-4H3. The van der Waals surface area contributed by atoms with Crippen LogP contribution in [-0.2, 0) is 0 Å². The molecule has 1 rings (SSSR count). The second-order valence-corrected chi connectivity index (χ2v) is 5.47. The Morgan fingerprint density at radius 3 is 2.53 bits per heavy atom. The number of hydrogen-bond acceptors (Lipinski definition) is 2. The molecule has 0 saturated carbocycles. The fourth-order valence-corrected chi connectivity index (χ4v) is 3.15. The van der Waals surface area contributed by atoms with E-state index in [0.29, 0.717) is 11.6 Å². The van der Waals surface area contributed by atoms with E-state index in [1.807, 2.05) is 6.08 Å². The van der Waals surface area contributed by atoms with Gasteiger partial charge >= 0.3 is 0 Å². The molecule has 2 atom stereocenters. The van der Waals surface area contributed by atoms with E-state index in [1.165, 1.54) is 45.2 Å². The van der Waals surface area contributed by atoms with Crippen LogP contribution in [0.15, 0.2) is 12.7 Å². The Morgan fingerprint density at radius 1 is 1.41 bits per heavy atom. The van der Waals surface area contributed by atoms with Gasteiger partial charge in [-0.25, -0.2) is 0 Å². The van der Waals surface area contributed by atoms with Crippen molar-refractivity contribution in [3.63, 3.8) is 0 Å². The first kappa shape index (κ1) is 14.7. The Hall–Kier alpha value is -0.340. The predicted octanol–water partition coefficient (Wildman–Crippen LogP) is 3.20. The summed E-state index contributed by atoms with van der Waals surface area (Å²) in [6, 6.07) is 0.602. The van der Waals surface area contributed by atoms with Crippen molar-refractivity contribution in [2.75, 3.05) is 20.1 Å².